The molecule has 0 atom stereocenters. The molecule has 0 aliphatic heterocycles. The number of hydrogen-bond acceptors (Lipinski definition) is 5. The van der Waals surface area contributed by atoms with Crippen LogP contribution in [0.3, 0.4) is 0 Å². The van der Waals surface area contributed by atoms with E-state index in [0.29, 0.717) is 39.4 Å². The van der Waals surface area contributed by atoms with Gasteiger partial charge in [0.25, 0.3) is 0 Å². The van der Waals surface area contributed by atoms with Crippen molar-refractivity contribution in [1.29, 1.82) is 0 Å². The molecule has 1 aromatic heterocycles. The van der Waals surface area contributed by atoms with E-state index in [1.165, 1.54) is 0 Å². The molecule has 3 aromatic carbocycles. The van der Waals surface area contributed by atoms with E-state index in [4.69, 9.17) is 18.6 Å². The summed E-state index contributed by atoms with van der Waals surface area (Å²) in [5.41, 5.74) is 3.27. The summed E-state index contributed by atoms with van der Waals surface area (Å²) in [6, 6.07) is 20.7. The van der Waals surface area contributed by atoms with Gasteiger partial charge >= 0.3 is 0 Å². The highest BCUT2D eigenvalue weighted by Crippen LogP contribution is 2.42. The van der Waals surface area contributed by atoms with Crippen molar-refractivity contribution in [3.63, 3.8) is 0 Å². The van der Waals surface area contributed by atoms with E-state index in [0.717, 1.165) is 16.9 Å². The number of carbonyl (C=O) groups is 1. The third kappa shape index (κ3) is 3.97. The van der Waals surface area contributed by atoms with Crippen LogP contribution in [-0.4, -0.2) is 27.1 Å². The lowest BCUT2D eigenvalue weighted by Gasteiger charge is -2.08. The van der Waals surface area contributed by atoms with Crippen molar-refractivity contribution in [2.45, 2.75) is 6.92 Å². The van der Waals surface area contributed by atoms with Crippen molar-refractivity contribution in [3.05, 3.63) is 83.4 Å². The van der Waals surface area contributed by atoms with E-state index >= 15 is 0 Å². The Morgan fingerprint density at radius 3 is 2.16 bits per heavy atom. The summed E-state index contributed by atoms with van der Waals surface area (Å²) < 4.78 is 22.5. The van der Waals surface area contributed by atoms with Crippen LogP contribution in [-0.2, 0) is 0 Å². The zero-order valence-electron chi connectivity index (χ0n) is 18.5. The highest BCUT2D eigenvalue weighted by Gasteiger charge is 2.26. The third-order valence-electron chi connectivity index (χ3n) is 5.30. The summed E-state index contributed by atoms with van der Waals surface area (Å²) in [6.45, 7) is 1.81. The van der Waals surface area contributed by atoms with Crippen molar-refractivity contribution < 1.29 is 23.4 Å². The van der Waals surface area contributed by atoms with Crippen LogP contribution in [0.1, 0.15) is 22.8 Å². The molecule has 0 N–H and O–H groups in total. The van der Waals surface area contributed by atoms with E-state index < -0.39 is 0 Å². The Bertz CT molecular complexity index is 1280. The molecule has 5 heteroatoms. The second kappa shape index (κ2) is 9.02. The number of benzene rings is 3. The van der Waals surface area contributed by atoms with Gasteiger partial charge in [-0.1, -0.05) is 30.3 Å². The van der Waals surface area contributed by atoms with Crippen LogP contribution >= 0.6 is 0 Å². The summed E-state index contributed by atoms with van der Waals surface area (Å²) in [4.78, 5) is 13.7. The molecule has 4 rings (SSSR count). The lowest BCUT2D eigenvalue weighted by molar-refractivity contribution is 0.103. The monoisotopic (exact) mass is 428 g/mol. The molecule has 32 heavy (non-hydrogen) atoms. The predicted molar refractivity (Wildman–Crippen MR) is 126 cm³/mol. The Kier molecular flexibility index (Phi) is 5.99. The molecule has 0 saturated carbocycles. The fourth-order valence-corrected chi connectivity index (χ4v) is 3.67. The molecule has 0 radical (unpaired) electrons. The van der Waals surface area contributed by atoms with Crippen molar-refractivity contribution in [1.82, 2.24) is 0 Å². The highest BCUT2D eigenvalue weighted by atomic mass is 16.5. The van der Waals surface area contributed by atoms with Gasteiger partial charge in [0.05, 0.1) is 32.3 Å². The minimum absolute atomic E-state index is 0.137. The normalized spacial score (nSPS) is 11.4. The second-order valence-corrected chi connectivity index (χ2v) is 7.30. The third-order valence-corrected chi connectivity index (χ3v) is 5.30. The molecular formula is C27H24O5. The summed E-state index contributed by atoms with van der Waals surface area (Å²) in [6.07, 6.45) is 1.87. The Morgan fingerprint density at radius 1 is 0.844 bits per heavy atom. The van der Waals surface area contributed by atoms with E-state index in [-0.39, 0.29) is 5.78 Å². The standard InChI is InChI=1S/C27H24O5/c1-17(14-18-8-6-5-7-9-18)26(28)25-24-22(31-4)15-21(30-3)16-23(24)32-27(25)19-10-12-20(29-2)13-11-19/h5-16H,1-4H3/b17-14+. The zero-order valence-corrected chi connectivity index (χ0v) is 18.5. The number of fused-ring (bicyclic) bond motifs is 1. The number of methoxy groups -OCH3 is 3. The van der Waals surface area contributed by atoms with E-state index in [1.807, 2.05) is 67.6 Å². The van der Waals surface area contributed by atoms with Crippen molar-refractivity contribution in [2.75, 3.05) is 21.3 Å². The van der Waals surface area contributed by atoms with Gasteiger partial charge in [0.1, 0.15) is 28.6 Å². The molecule has 0 bridgehead atoms. The van der Waals surface area contributed by atoms with Crippen LogP contribution in [0.5, 0.6) is 17.2 Å². The smallest absolute Gasteiger partial charge is 0.193 e. The minimum atomic E-state index is -0.137. The first kappa shape index (κ1) is 21.2. The number of rotatable bonds is 7. The Morgan fingerprint density at radius 2 is 1.53 bits per heavy atom. The lowest BCUT2D eigenvalue weighted by atomic mass is 9.96. The Hall–Kier alpha value is -3.99. The number of allylic oxidation sites excluding steroid dienone is 1. The van der Waals surface area contributed by atoms with Gasteiger partial charge in [-0.2, -0.15) is 0 Å². The molecule has 5 nitrogen and oxygen atoms in total. The number of hydrogen-bond donors (Lipinski definition) is 0. The summed E-state index contributed by atoms with van der Waals surface area (Å²) in [5.74, 6) is 2.15. The second-order valence-electron chi connectivity index (χ2n) is 7.30. The number of furan rings is 1. The van der Waals surface area contributed by atoms with Gasteiger partial charge in [0, 0.05) is 17.7 Å². The molecule has 0 saturated heterocycles. The maximum absolute atomic E-state index is 13.7. The fraction of sp³-hybridized carbons (Fsp3) is 0.148. The first-order valence-electron chi connectivity index (χ1n) is 10.2. The van der Waals surface area contributed by atoms with Crippen molar-refractivity contribution >= 4 is 22.8 Å². The van der Waals surface area contributed by atoms with E-state index in [9.17, 15) is 4.79 Å². The van der Waals surface area contributed by atoms with Crippen molar-refractivity contribution in [3.8, 4) is 28.6 Å². The van der Waals surface area contributed by atoms with Crippen LogP contribution in [0.25, 0.3) is 28.4 Å². The zero-order chi connectivity index (χ0) is 22.7. The molecule has 0 spiro atoms. The lowest BCUT2D eigenvalue weighted by Crippen LogP contribution is -2.03. The maximum Gasteiger partial charge on any atom is 0.193 e. The van der Waals surface area contributed by atoms with Crippen LogP contribution in [0.4, 0.5) is 0 Å². The summed E-state index contributed by atoms with van der Waals surface area (Å²) >= 11 is 0. The molecular weight excluding hydrogens is 404 g/mol. The topological polar surface area (TPSA) is 57.9 Å². The molecule has 0 unspecified atom stereocenters. The summed E-state index contributed by atoms with van der Waals surface area (Å²) in [7, 11) is 4.75. The fourth-order valence-electron chi connectivity index (χ4n) is 3.67. The first-order chi connectivity index (χ1) is 15.5. The van der Waals surface area contributed by atoms with Gasteiger partial charge in [-0.05, 0) is 48.4 Å². The number of Topliss-reactive ketones (excluding diaryl/α,β-unsaturated/α-hetero) is 1. The van der Waals surface area contributed by atoms with Gasteiger partial charge in [0.2, 0.25) is 0 Å². The van der Waals surface area contributed by atoms with Gasteiger partial charge < -0.3 is 18.6 Å². The quantitative estimate of drug-likeness (QED) is 0.251. The molecule has 1 heterocycles. The average molecular weight is 428 g/mol. The van der Waals surface area contributed by atoms with Crippen LogP contribution < -0.4 is 14.2 Å². The van der Waals surface area contributed by atoms with Gasteiger partial charge in [0.15, 0.2) is 5.78 Å². The van der Waals surface area contributed by atoms with Crippen LogP contribution in [0.2, 0.25) is 0 Å². The largest absolute Gasteiger partial charge is 0.497 e. The minimum Gasteiger partial charge on any atom is -0.497 e. The SMILES string of the molecule is COc1ccc(-c2oc3cc(OC)cc(OC)c3c2C(=O)/C(C)=C/c2ccccc2)cc1. The number of ether oxygens (including phenoxy) is 3. The molecule has 162 valence electrons. The average Bonchev–Trinajstić information content (AvgIpc) is 3.23. The molecule has 0 aliphatic rings. The molecule has 0 fully saturated rings. The van der Waals surface area contributed by atoms with Crippen LogP contribution in [0, 0.1) is 0 Å². The first-order valence-corrected chi connectivity index (χ1v) is 10.2. The summed E-state index contributed by atoms with van der Waals surface area (Å²) in [5, 5.41) is 0.616. The van der Waals surface area contributed by atoms with E-state index in [1.54, 1.807) is 33.5 Å². The van der Waals surface area contributed by atoms with Gasteiger partial charge in [-0.3, -0.25) is 4.79 Å². The van der Waals surface area contributed by atoms with Gasteiger partial charge in [-0.25, -0.2) is 0 Å². The number of ketones is 1. The van der Waals surface area contributed by atoms with Gasteiger partial charge in [-0.15, -0.1) is 0 Å². The highest BCUT2D eigenvalue weighted by molar-refractivity contribution is 6.22. The maximum atomic E-state index is 13.7. The van der Waals surface area contributed by atoms with Crippen LogP contribution in [0.15, 0.2) is 76.7 Å². The number of carbonyl (C=O) groups excluding carboxylic acids is 1. The molecule has 0 amide bonds. The Balaban J connectivity index is 1.95. The van der Waals surface area contributed by atoms with E-state index in [2.05, 4.69) is 0 Å². The Labute approximate surface area is 186 Å². The molecule has 4 aromatic rings. The predicted octanol–water partition coefficient (Wildman–Crippen LogP) is 6.41. The molecule has 0 aliphatic carbocycles. The van der Waals surface area contributed by atoms with Crippen molar-refractivity contribution in [2.24, 2.45) is 0 Å².